The number of aryl methyl sites for hydroxylation is 2. The van der Waals surface area contributed by atoms with E-state index in [0.29, 0.717) is 6.54 Å². The summed E-state index contributed by atoms with van der Waals surface area (Å²) < 4.78 is 0. The Balaban J connectivity index is 1.86. The Morgan fingerprint density at radius 1 is 1.30 bits per heavy atom. The second-order valence-electron chi connectivity index (χ2n) is 6.45. The first kappa shape index (κ1) is 17.7. The molecular weight excluding hydrogens is 308 g/mol. The van der Waals surface area contributed by atoms with E-state index in [2.05, 4.69) is 42.3 Å². The Hall–Kier alpha value is -1.66. The SMILES string of the molecule is Cc1ccc(C)c(NC(=S)N2CC[NH+](CC(=O)N(C)C)CC2)c1. The Bertz CT molecular complexity index is 580. The number of nitrogens with zero attached hydrogens (tertiary/aromatic N) is 2. The Morgan fingerprint density at radius 2 is 1.96 bits per heavy atom. The van der Waals surface area contributed by atoms with E-state index in [1.807, 2.05) is 0 Å². The molecule has 0 atom stereocenters. The number of benzene rings is 1. The second kappa shape index (κ2) is 7.75. The third-order valence-corrected chi connectivity index (χ3v) is 4.65. The summed E-state index contributed by atoms with van der Waals surface area (Å²) in [5.74, 6) is 0.185. The molecule has 1 heterocycles. The van der Waals surface area contributed by atoms with Crippen molar-refractivity contribution in [3.63, 3.8) is 0 Å². The van der Waals surface area contributed by atoms with Gasteiger partial charge in [-0.3, -0.25) is 4.79 Å². The minimum absolute atomic E-state index is 0.185. The highest BCUT2D eigenvalue weighted by Gasteiger charge is 2.24. The fourth-order valence-corrected chi connectivity index (χ4v) is 2.93. The lowest BCUT2D eigenvalue weighted by molar-refractivity contribution is -0.896. The number of thiocarbonyl (C=S) groups is 1. The van der Waals surface area contributed by atoms with Crippen LogP contribution >= 0.6 is 12.2 Å². The van der Waals surface area contributed by atoms with Gasteiger partial charge in [-0.25, -0.2) is 0 Å². The zero-order valence-electron chi connectivity index (χ0n) is 14.5. The van der Waals surface area contributed by atoms with Crippen LogP contribution in [0.2, 0.25) is 0 Å². The van der Waals surface area contributed by atoms with Crippen LogP contribution in [-0.2, 0) is 4.79 Å². The van der Waals surface area contributed by atoms with Gasteiger partial charge in [-0.05, 0) is 43.3 Å². The van der Waals surface area contributed by atoms with Crippen molar-refractivity contribution in [1.82, 2.24) is 9.80 Å². The number of anilines is 1. The molecule has 1 aliphatic heterocycles. The van der Waals surface area contributed by atoms with E-state index in [4.69, 9.17) is 12.2 Å². The second-order valence-corrected chi connectivity index (χ2v) is 6.84. The van der Waals surface area contributed by atoms with Crippen molar-refractivity contribution in [2.24, 2.45) is 0 Å². The van der Waals surface area contributed by atoms with Crippen LogP contribution < -0.4 is 10.2 Å². The number of piperazine rings is 1. The molecule has 1 aliphatic rings. The lowest BCUT2D eigenvalue weighted by Crippen LogP contribution is -3.15. The summed E-state index contributed by atoms with van der Waals surface area (Å²) in [5, 5.41) is 4.14. The fraction of sp³-hybridized carbons (Fsp3) is 0.529. The summed E-state index contributed by atoms with van der Waals surface area (Å²) in [6.45, 7) is 8.37. The first-order chi connectivity index (χ1) is 10.9. The summed E-state index contributed by atoms with van der Waals surface area (Å²) in [4.78, 5) is 17.0. The van der Waals surface area contributed by atoms with Crippen molar-refractivity contribution in [1.29, 1.82) is 0 Å². The summed E-state index contributed by atoms with van der Waals surface area (Å²) >= 11 is 5.56. The Morgan fingerprint density at radius 3 is 2.57 bits per heavy atom. The smallest absolute Gasteiger partial charge is 0.277 e. The minimum atomic E-state index is 0.185. The van der Waals surface area contributed by atoms with Crippen molar-refractivity contribution < 1.29 is 9.69 Å². The maximum absolute atomic E-state index is 11.8. The van der Waals surface area contributed by atoms with Crippen LogP contribution in [0, 0.1) is 13.8 Å². The quantitative estimate of drug-likeness (QED) is 0.779. The molecule has 1 amide bonds. The molecular formula is C17H27N4OS+. The Kier molecular flexibility index (Phi) is 5.96. The number of hydrogen-bond acceptors (Lipinski definition) is 2. The van der Waals surface area contributed by atoms with Gasteiger partial charge in [-0.1, -0.05) is 12.1 Å². The van der Waals surface area contributed by atoms with Crippen molar-refractivity contribution in [3.8, 4) is 0 Å². The van der Waals surface area contributed by atoms with Crippen molar-refractivity contribution in [3.05, 3.63) is 29.3 Å². The molecule has 0 unspecified atom stereocenters. The molecule has 0 aromatic heterocycles. The number of quaternary nitrogens is 1. The fourth-order valence-electron chi connectivity index (χ4n) is 2.64. The van der Waals surface area contributed by atoms with E-state index in [-0.39, 0.29) is 5.91 Å². The van der Waals surface area contributed by atoms with Gasteiger partial charge in [-0.2, -0.15) is 0 Å². The third-order valence-electron chi connectivity index (χ3n) is 4.29. The first-order valence-corrected chi connectivity index (χ1v) is 8.44. The lowest BCUT2D eigenvalue weighted by atomic mass is 10.1. The van der Waals surface area contributed by atoms with Gasteiger partial charge in [0.05, 0.1) is 26.2 Å². The van der Waals surface area contributed by atoms with E-state index in [1.165, 1.54) is 16.0 Å². The van der Waals surface area contributed by atoms with Gasteiger partial charge in [0.2, 0.25) is 0 Å². The number of carbonyl (C=O) groups is 1. The number of carbonyl (C=O) groups excluding carboxylic acids is 1. The maximum Gasteiger partial charge on any atom is 0.277 e. The molecule has 0 radical (unpaired) electrons. The molecule has 1 saturated heterocycles. The molecule has 126 valence electrons. The molecule has 2 rings (SSSR count). The van der Waals surface area contributed by atoms with Gasteiger partial charge in [0.25, 0.3) is 5.91 Å². The molecule has 1 aromatic rings. The number of likely N-dealkylation sites (N-methyl/N-ethyl adjacent to an activating group) is 1. The van der Waals surface area contributed by atoms with Gasteiger partial charge in [-0.15, -0.1) is 0 Å². The third kappa shape index (κ3) is 4.91. The van der Waals surface area contributed by atoms with E-state index in [0.717, 1.165) is 37.0 Å². The van der Waals surface area contributed by atoms with Crippen LogP contribution in [0.3, 0.4) is 0 Å². The Labute approximate surface area is 144 Å². The van der Waals surface area contributed by atoms with Crippen molar-refractivity contribution >= 4 is 28.9 Å². The normalized spacial score (nSPS) is 15.4. The van der Waals surface area contributed by atoms with Gasteiger partial charge in [0, 0.05) is 19.8 Å². The highest BCUT2D eigenvalue weighted by molar-refractivity contribution is 7.80. The maximum atomic E-state index is 11.8. The summed E-state index contributed by atoms with van der Waals surface area (Å²) in [6.07, 6.45) is 0. The van der Waals surface area contributed by atoms with Gasteiger partial charge >= 0.3 is 0 Å². The zero-order valence-corrected chi connectivity index (χ0v) is 15.3. The summed E-state index contributed by atoms with van der Waals surface area (Å²) in [7, 11) is 3.61. The summed E-state index contributed by atoms with van der Waals surface area (Å²) in [5.41, 5.74) is 3.49. The van der Waals surface area contributed by atoms with Gasteiger partial charge < -0.3 is 20.0 Å². The number of nitrogens with one attached hydrogen (secondary N) is 2. The van der Waals surface area contributed by atoms with Crippen LogP contribution in [0.25, 0.3) is 0 Å². The van der Waals surface area contributed by atoms with Crippen LogP contribution in [0.5, 0.6) is 0 Å². The van der Waals surface area contributed by atoms with E-state index in [1.54, 1.807) is 19.0 Å². The number of amides is 1. The minimum Gasteiger partial charge on any atom is -0.344 e. The standard InChI is InChI=1S/C17H26N4OS/c1-13-5-6-14(2)15(11-13)18-17(23)21-9-7-20(8-10-21)12-16(22)19(3)4/h5-6,11H,7-10,12H2,1-4H3,(H,18,23)/p+1. The zero-order chi connectivity index (χ0) is 17.0. The molecule has 0 aliphatic carbocycles. The van der Waals surface area contributed by atoms with E-state index >= 15 is 0 Å². The van der Waals surface area contributed by atoms with Crippen molar-refractivity contribution in [2.45, 2.75) is 13.8 Å². The van der Waals surface area contributed by atoms with Crippen LogP contribution in [0.1, 0.15) is 11.1 Å². The lowest BCUT2D eigenvalue weighted by Gasteiger charge is -2.34. The highest BCUT2D eigenvalue weighted by atomic mass is 32.1. The molecule has 23 heavy (non-hydrogen) atoms. The van der Waals surface area contributed by atoms with Crippen LogP contribution in [0.15, 0.2) is 18.2 Å². The molecule has 2 N–H and O–H groups in total. The molecule has 0 spiro atoms. The molecule has 0 saturated carbocycles. The van der Waals surface area contributed by atoms with Crippen molar-refractivity contribution in [2.75, 3.05) is 52.1 Å². The van der Waals surface area contributed by atoms with Crippen LogP contribution in [-0.4, -0.2) is 67.6 Å². The predicted octanol–water partition coefficient (Wildman–Crippen LogP) is 0.289. The topological polar surface area (TPSA) is 40.0 Å². The van der Waals surface area contributed by atoms with E-state index < -0.39 is 0 Å². The average Bonchev–Trinajstić information content (AvgIpc) is 2.51. The largest absolute Gasteiger partial charge is 0.344 e. The molecule has 1 aromatic carbocycles. The number of rotatable bonds is 3. The van der Waals surface area contributed by atoms with Crippen LogP contribution in [0.4, 0.5) is 5.69 Å². The molecule has 6 heteroatoms. The summed E-state index contributed by atoms with van der Waals surface area (Å²) in [6, 6.07) is 6.33. The first-order valence-electron chi connectivity index (χ1n) is 8.03. The molecule has 1 fully saturated rings. The average molecular weight is 335 g/mol. The van der Waals surface area contributed by atoms with Gasteiger partial charge in [0.15, 0.2) is 11.7 Å². The number of hydrogen-bond donors (Lipinski definition) is 2. The predicted molar refractivity (Wildman–Crippen MR) is 98.0 cm³/mol. The monoisotopic (exact) mass is 335 g/mol. The van der Waals surface area contributed by atoms with E-state index in [9.17, 15) is 4.79 Å². The highest BCUT2D eigenvalue weighted by Crippen LogP contribution is 2.17. The van der Waals surface area contributed by atoms with Gasteiger partial charge in [0.1, 0.15) is 0 Å². The molecule has 5 nitrogen and oxygen atoms in total. The molecule has 0 bridgehead atoms.